The van der Waals surface area contributed by atoms with Crippen molar-refractivity contribution >= 4 is 17.5 Å². The molecular formula is C17H26N4O3. The van der Waals surface area contributed by atoms with Crippen LogP contribution in [-0.4, -0.2) is 41.9 Å². The first-order valence-electron chi connectivity index (χ1n) is 8.30. The third kappa shape index (κ3) is 4.67. The molecule has 1 unspecified atom stereocenters. The van der Waals surface area contributed by atoms with Gasteiger partial charge in [-0.15, -0.1) is 0 Å². The fourth-order valence-electron chi connectivity index (χ4n) is 2.80. The van der Waals surface area contributed by atoms with Crippen LogP contribution in [0.1, 0.15) is 30.7 Å². The number of amides is 2. The number of carbonyl (C=O) groups excluding carboxylic acids is 2. The van der Waals surface area contributed by atoms with Crippen molar-refractivity contribution in [2.24, 2.45) is 5.92 Å². The number of anilines is 1. The number of nitrogens with one attached hydrogen (secondary N) is 2. The summed E-state index contributed by atoms with van der Waals surface area (Å²) in [6.45, 7) is 5.32. The Morgan fingerprint density at radius 1 is 1.33 bits per heavy atom. The number of hydrogen-bond acceptors (Lipinski definition) is 4. The van der Waals surface area contributed by atoms with Gasteiger partial charge in [0.1, 0.15) is 0 Å². The number of carbonyl (C=O) groups is 2. The second kappa shape index (κ2) is 8.63. The van der Waals surface area contributed by atoms with E-state index in [1.165, 1.54) is 0 Å². The van der Waals surface area contributed by atoms with E-state index in [1.54, 1.807) is 18.7 Å². The van der Waals surface area contributed by atoms with E-state index in [9.17, 15) is 9.59 Å². The molecule has 24 heavy (non-hydrogen) atoms. The van der Waals surface area contributed by atoms with Gasteiger partial charge in [0.2, 0.25) is 0 Å². The van der Waals surface area contributed by atoms with E-state index in [0.29, 0.717) is 37.0 Å². The van der Waals surface area contributed by atoms with Crippen LogP contribution in [0.5, 0.6) is 0 Å². The normalized spacial score (nSPS) is 16.9. The summed E-state index contributed by atoms with van der Waals surface area (Å²) in [5.41, 5.74) is 2.08. The lowest BCUT2D eigenvalue weighted by molar-refractivity contribution is -0.136. The number of rotatable bonds is 6. The first-order chi connectivity index (χ1) is 11.5. The zero-order chi connectivity index (χ0) is 17.5. The third-order valence-corrected chi connectivity index (χ3v) is 4.26. The van der Waals surface area contributed by atoms with Gasteiger partial charge in [-0.3, -0.25) is 14.3 Å². The van der Waals surface area contributed by atoms with Gasteiger partial charge in [0.15, 0.2) is 0 Å². The molecule has 2 amide bonds. The zero-order valence-corrected chi connectivity index (χ0v) is 14.6. The maximum absolute atomic E-state index is 12.1. The summed E-state index contributed by atoms with van der Waals surface area (Å²) in [5.74, 6) is -0.848. The number of aromatic nitrogens is 2. The Kier molecular flexibility index (Phi) is 6.54. The van der Waals surface area contributed by atoms with Crippen molar-refractivity contribution in [2.75, 3.05) is 25.6 Å². The molecule has 1 atom stereocenters. The number of nitrogens with zero attached hydrogens (tertiary/aromatic N) is 2. The summed E-state index contributed by atoms with van der Waals surface area (Å²) in [6.07, 6.45) is 7.31. The summed E-state index contributed by atoms with van der Waals surface area (Å²) in [6, 6.07) is 0. The minimum atomic E-state index is -0.654. The molecule has 0 fully saturated rings. The number of hydrogen-bond donors (Lipinski definition) is 2. The first kappa shape index (κ1) is 18.2. The van der Waals surface area contributed by atoms with Gasteiger partial charge in [-0.25, -0.2) is 0 Å². The maximum atomic E-state index is 12.1. The highest BCUT2D eigenvalue weighted by Gasteiger charge is 2.20. The average molecular weight is 334 g/mol. The molecule has 1 aliphatic carbocycles. The van der Waals surface area contributed by atoms with Crippen molar-refractivity contribution in [1.29, 1.82) is 0 Å². The summed E-state index contributed by atoms with van der Waals surface area (Å²) >= 11 is 0. The topological polar surface area (TPSA) is 85.2 Å². The smallest absolute Gasteiger partial charge is 0.313 e. The van der Waals surface area contributed by atoms with Gasteiger partial charge in [-0.05, 0) is 39.0 Å². The Morgan fingerprint density at radius 2 is 2.12 bits per heavy atom. The molecule has 0 radical (unpaired) electrons. The zero-order valence-electron chi connectivity index (χ0n) is 14.6. The maximum Gasteiger partial charge on any atom is 0.313 e. The molecule has 0 saturated heterocycles. The second-order valence-electron chi connectivity index (χ2n) is 6.08. The molecular weight excluding hydrogens is 308 g/mol. The molecule has 1 aromatic rings. The lowest BCUT2D eigenvalue weighted by Crippen LogP contribution is -2.38. The van der Waals surface area contributed by atoms with Gasteiger partial charge < -0.3 is 15.4 Å². The molecule has 1 aromatic heterocycles. The van der Waals surface area contributed by atoms with Gasteiger partial charge in [0, 0.05) is 13.7 Å². The van der Waals surface area contributed by atoms with Crippen molar-refractivity contribution in [3.05, 3.63) is 23.5 Å². The third-order valence-electron chi connectivity index (χ3n) is 4.26. The number of ether oxygens (including phenoxy) is 1. The van der Waals surface area contributed by atoms with E-state index in [1.807, 2.05) is 6.92 Å². The van der Waals surface area contributed by atoms with Crippen molar-refractivity contribution in [2.45, 2.75) is 39.7 Å². The van der Waals surface area contributed by atoms with Crippen LogP contribution in [0.4, 0.5) is 5.69 Å². The van der Waals surface area contributed by atoms with Gasteiger partial charge in [-0.2, -0.15) is 5.10 Å². The van der Waals surface area contributed by atoms with Gasteiger partial charge >= 0.3 is 11.8 Å². The number of allylic oxidation sites excluding steroid dienone is 2. The second-order valence-corrected chi connectivity index (χ2v) is 6.08. The van der Waals surface area contributed by atoms with Crippen LogP contribution in [0, 0.1) is 19.8 Å². The minimum absolute atomic E-state index is 0.409. The monoisotopic (exact) mass is 334 g/mol. The lowest BCUT2D eigenvalue weighted by atomic mass is 9.94. The van der Waals surface area contributed by atoms with Crippen molar-refractivity contribution in [3.63, 3.8) is 0 Å². The Bertz CT molecular complexity index is 622. The minimum Gasteiger partial charge on any atom is -0.383 e. The Balaban J connectivity index is 1.90. The van der Waals surface area contributed by atoms with Crippen LogP contribution >= 0.6 is 0 Å². The van der Waals surface area contributed by atoms with E-state index in [-0.39, 0.29) is 0 Å². The molecule has 7 nitrogen and oxygen atoms in total. The quantitative estimate of drug-likeness (QED) is 0.611. The van der Waals surface area contributed by atoms with Crippen molar-refractivity contribution in [3.8, 4) is 0 Å². The summed E-state index contributed by atoms with van der Waals surface area (Å²) in [5, 5.41) is 9.76. The van der Waals surface area contributed by atoms with E-state index < -0.39 is 11.8 Å². The Hall–Kier alpha value is -2.15. The molecule has 1 aliphatic rings. The number of aryl methyl sites for hydroxylation is 1. The van der Waals surface area contributed by atoms with Crippen LogP contribution in [-0.2, 0) is 20.9 Å². The highest BCUT2D eigenvalue weighted by molar-refractivity contribution is 6.39. The fraction of sp³-hybridized carbons (Fsp3) is 0.588. The Morgan fingerprint density at radius 3 is 2.79 bits per heavy atom. The largest absolute Gasteiger partial charge is 0.383 e. The highest BCUT2D eigenvalue weighted by Crippen LogP contribution is 2.19. The molecule has 0 saturated carbocycles. The predicted octanol–water partition coefficient (Wildman–Crippen LogP) is 1.56. The van der Waals surface area contributed by atoms with Crippen LogP contribution in [0.15, 0.2) is 12.2 Å². The summed E-state index contributed by atoms with van der Waals surface area (Å²) < 4.78 is 6.81. The summed E-state index contributed by atoms with van der Waals surface area (Å²) in [7, 11) is 1.63. The molecule has 132 valence electrons. The molecule has 0 spiro atoms. The Labute approximate surface area is 142 Å². The van der Waals surface area contributed by atoms with Crippen LogP contribution in [0.3, 0.4) is 0 Å². The standard InChI is InChI=1S/C17H26N4O3/c1-12-15(13(2)21(20-12)9-10-24-3)19-17(23)16(22)18-11-14-7-5-4-6-8-14/h4-5,14H,6-11H2,1-3H3,(H,18,22)(H,19,23). The van der Waals surface area contributed by atoms with E-state index in [2.05, 4.69) is 27.9 Å². The molecule has 0 aromatic carbocycles. The molecule has 0 aliphatic heterocycles. The molecule has 1 heterocycles. The molecule has 2 N–H and O–H groups in total. The van der Waals surface area contributed by atoms with Gasteiger partial charge in [0.25, 0.3) is 0 Å². The van der Waals surface area contributed by atoms with E-state index >= 15 is 0 Å². The van der Waals surface area contributed by atoms with E-state index in [0.717, 1.165) is 25.0 Å². The van der Waals surface area contributed by atoms with Crippen molar-refractivity contribution < 1.29 is 14.3 Å². The van der Waals surface area contributed by atoms with Gasteiger partial charge in [0.05, 0.1) is 30.2 Å². The van der Waals surface area contributed by atoms with E-state index in [4.69, 9.17) is 4.74 Å². The lowest BCUT2D eigenvalue weighted by Gasteiger charge is -2.17. The first-order valence-corrected chi connectivity index (χ1v) is 8.30. The van der Waals surface area contributed by atoms with Crippen LogP contribution in [0.25, 0.3) is 0 Å². The van der Waals surface area contributed by atoms with Gasteiger partial charge in [-0.1, -0.05) is 12.2 Å². The number of methoxy groups -OCH3 is 1. The molecule has 0 bridgehead atoms. The predicted molar refractivity (Wildman–Crippen MR) is 91.7 cm³/mol. The summed E-state index contributed by atoms with van der Waals surface area (Å²) in [4.78, 5) is 24.1. The highest BCUT2D eigenvalue weighted by atomic mass is 16.5. The van der Waals surface area contributed by atoms with Crippen molar-refractivity contribution in [1.82, 2.24) is 15.1 Å². The van der Waals surface area contributed by atoms with Crippen LogP contribution in [0.2, 0.25) is 0 Å². The molecule has 2 rings (SSSR count). The average Bonchev–Trinajstić information content (AvgIpc) is 2.86. The fourth-order valence-corrected chi connectivity index (χ4v) is 2.80. The SMILES string of the molecule is COCCn1nc(C)c(NC(=O)C(=O)NCC2CC=CCC2)c1C. The van der Waals surface area contributed by atoms with Crippen LogP contribution < -0.4 is 10.6 Å². The molecule has 7 heteroatoms.